The summed E-state index contributed by atoms with van der Waals surface area (Å²) in [5.41, 5.74) is 1.29. The van der Waals surface area contributed by atoms with Gasteiger partial charge in [-0.25, -0.2) is 0 Å². The van der Waals surface area contributed by atoms with Crippen LogP contribution in [0.4, 0.5) is 0 Å². The van der Waals surface area contributed by atoms with Crippen LogP contribution in [0, 0.1) is 5.92 Å². The maximum atomic E-state index is 5.70. The van der Waals surface area contributed by atoms with E-state index in [4.69, 9.17) is 9.47 Å². The molecule has 1 aromatic carbocycles. The van der Waals surface area contributed by atoms with Gasteiger partial charge in [0.25, 0.3) is 0 Å². The van der Waals surface area contributed by atoms with Gasteiger partial charge in [-0.15, -0.1) is 0 Å². The number of nitrogens with one attached hydrogen (secondary N) is 1. The Balaban J connectivity index is 1.57. The lowest BCUT2D eigenvalue weighted by atomic mass is 9.93. The van der Waals surface area contributed by atoms with Gasteiger partial charge in [0, 0.05) is 11.0 Å². The van der Waals surface area contributed by atoms with E-state index in [0.29, 0.717) is 13.2 Å². The molecule has 1 aromatic rings. The third-order valence-electron chi connectivity index (χ3n) is 4.61. The van der Waals surface area contributed by atoms with Gasteiger partial charge >= 0.3 is 0 Å². The average Bonchev–Trinajstić information content (AvgIpc) is 2.55. The summed E-state index contributed by atoms with van der Waals surface area (Å²) < 4.78 is 12.4. The van der Waals surface area contributed by atoms with Gasteiger partial charge < -0.3 is 14.8 Å². The lowest BCUT2D eigenvalue weighted by Gasteiger charge is -2.32. The summed E-state index contributed by atoms with van der Waals surface area (Å²) in [6.07, 6.45) is 3.92. The van der Waals surface area contributed by atoms with Gasteiger partial charge in [-0.1, -0.05) is 15.9 Å². The molecule has 0 saturated carbocycles. The number of fused-ring (bicyclic) bond motifs is 1. The van der Waals surface area contributed by atoms with Crippen LogP contribution in [-0.4, -0.2) is 44.8 Å². The van der Waals surface area contributed by atoms with Crippen LogP contribution >= 0.6 is 15.9 Å². The number of piperidine rings is 1. The van der Waals surface area contributed by atoms with Gasteiger partial charge in [-0.3, -0.25) is 4.90 Å². The fourth-order valence-electron chi connectivity index (χ4n) is 3.25. The van der Waals surface area contributed by atoms with Crippen molar-refractivity contribution in [1.29, 1.82) is 0 Å². The minimum Gasteiger partial charge on any atom is -0.486 e. The van der Waals surface area contributed by atoms with E-state index >= 15 is 0 Å². The van der Waals surface area contributed by atoms with Crippen molar-refractivity contribution in [3.8, 4) is 11.5 Å². The van der Waals surface area contributed by atoms with Crippen molar-refractivity contribution in [2.45, 2.75) is 25.8 Å². The summed E-state index contributed by atoms with van der Waals surface area (Å²) in [5, 5.41) is 3.26. The number of nitrogens with zero attached hydrogens (tertiary/aromatic N) is 1. The first-order valence-corrected chi connectivity index (χ1v) is 9.00. The molecule has 0 unspecified atom stereocenters. The zero-order valence-corrected chi connectivity index (χ0v) is 14.8. The first-order chi connectivity index (χ1) is 10.8. The third-order valence-corrected chi connectivity index (χ3v) is 5.35. The van der Waals surface area contributed by atoms with E-state index in [2.05, 4.69) is 32.2 Å². The molecule has 4 nitrogen and oxygen atoms in total. The third kappa shape index (κ3) is 3.94. The van der Waals surface area contributed by atoms with Crippen molar-refractivity contribution in [1.82, 2.24) is 10.2 Å². The molecule has 2 aliphatic rings. The molecule has 0 amide bonds. The molecule has 0 aliphatic carbocycles. The molecule has 2 aliphatic heterocycles. The van der Waals surface area contributed by atoms with Crippen molar-refractivity contribution in [2.75, 3.05) is 39.9 Å². The molecule has 3 rings (SSSR count). The van der Waals surface area contributed by atoms with Crippen molar-refractivity contribution in [3.63, 3.8) is 0 Å². The number of rotatable bonds is 5. The molecule has 22 heavy (non-hydrogen) atoms. The Labute approximate surface area is 141 Å². The Morgan fingerprint density at radius 1 is 1.18 bits per heavy atom. The summed E-state index contributed by atoms with van der Waals surface area (Å²) in [6, 6.07) is 4.18. The van der Waals surface area contributed by atoms with Crippen LogP contribution < -0.4 is 14.8 Å². The van der Waals surface area contributed by atoms with Gasteiger partial charge in [0.2, 0.25) is 0 Å². The molecule has 1 saturated heterocycles. The maximum Gasteiger partial charge on any atom is 0.162 e. The van der Waals surface area contributed by atoms with Crippen LogP contribution in [0.25, 0.3) is 0 Å². The zero-order chi connectivity index (χ0) is 15.4. The summed E-state index contributed by atoms with van der Waals surface area (Å²) in [7, 11) is 2.04. The van der Waals surface area contributed by atoms with E-state index in [-0.39, 0.29) is 0 Å². The highest BCUT2D eigenvalue weighted by Gasteiger charge is 2.21. The summed E-state index contributed by atoms with van der Waals surface area (Å²) in [4.78, 5) is 2.55. The lowest BCUT2D eigenvalue weighted by molar-refractivity contribution is 0.165. The van der Waals surface area contributed by atoms with E-state index in [1.165, 1.54) is 37.9 Å². The summed E-state index contributed by atoms with van der Waals surface area (Å²) >= 11 is 3.68. The number of benzene rings is 1. The highest BCUT2D eigenvalue weighted by atomic mass is 79.9. The molecule has 122 valence electrons. The molecular weight excluding hydrogens is 344 g/mol. The smallest absolute Gasteiger partial charge is 0.162 e. The molecule has 0 bridgehead atoms. The Morgan fingerprint density at radius 3 is 2.55 bits per heavy atom. The Kier molecular flexibility index (Phi) is 5.61. The fourth-order valence-corrected chi connectivity index (χ4v) is 3.70. The quantitative estimate of drug-likeness (QED) is 0.865. The second-order valence-electron chi connectivity index (χ2n) is 6.20. The fraction of sp³-hybridized carbons (Fsp3) is 0.647. The van der Waals surface area contributed by atoms with E-state index in [0.717, 1.165) is 35.0 Å². The van der Waals surface area contributed by atoms with Crippen LogP contribution in [0.15, 0.2) is 16.6 Å². The van der Waals surface area contributed by atoms with Crippen LogP contribution in [-0.2, 0) is 6.54 Å². The van der Waals surface area contributed by atoms with E-state index < -0.39 is 0 Å². The lowest BCUT2D eigenvalue weighted by Crippen LogP contribution is -2.34. The number of halogens is 1. The molecule has 1 N–H and O–H groups in total. The van der Waals surface area contributed by atoms with Crippen LogP contribution in [0.1, 0.15) is 24.8 Å². The molecule has 0 spiro atoms. The predicted octanol–water partition coefficient (Wildman–Crippen LogP) is 3.04. The largest absolute Gasteiger partial charge is 0.486 e. The first kappa shape index (κ1) is 16.1. The number of likely N-dealkylation sites (tertiary alicyclic amines) is 1. The van der Waals surface area contributed by atoms with Gasteiger partial charge in [-0.2, -0.15) is 0 Å². The van der Waals surface area contributed by atoms with Crippen molar-refractivity contribution >= 4 is 15.9 Å². The van der Waals surface area contributed by atoms with Crippen LogP contribution in [0.2, 0.25) is 0 Å². The van der Waals surface area contributed by atoms with Gasteiger partial charge in [0.05, 0.1) is 0 Å². The summed E-state index contributed by atoms with van der Waals surface area (Å²) in [6.45, 7) is 5.78. The molecular formula is C17H25BrN2O2. The maximum absolute atomic E-state index is 5.70. The monoisotopic (exact) mass is 368 g/mol. The second-order valence-corrected chi connectivity index (χ2v) is 7.05. The number of hydrogen-bond acceptors (Lipinski definition) is 4. The Bertz CT molecular complexity index is 502. The standard InChI is InChI=1S/C17H25BrN2O2/c1-19-5-2-13-3-6-20(7-4-13)12-14-10-16-17(11-15(14)18)22-9-8-21-16/h10-11,13,19H,2-9,12H2,1H3. The van der Waals surface area contributed by atoms with Gasteiger partial charge in [-0.05, 0) is 69.6 Å². The van der Waals surface area contributed by atoms with E-state index in [9.17, 15) is 0 Å². The predicted molar refractivity (Wildman–Crippen MR) is 91.7 cm³/mol. The SMILES string of the molecule is CNCCC1CCN(Cc2cc3c(cc2Br)OCCO3)CC1. The van der Waals surface area contributed by atoms with Crippen molar-refractivity contribution in [3.05, 3.63) is 22.2 Å². The highest BCUT2D eigenvalue weighted by Crippen LogP contribution is 2.36. The Morgan fingerprint density at radius 2 is 1.86 bits per heavy atom. The molecule has 0 atom stereocenters. The molecule has 5 heteroatoms. The zero-order valence-electron chi connectivity index (χ0n) is 13.2. The van der Waals surface area contributed by atoms with E-state index in [1.807, 2.05) is 13.1 Å². The summed E-state index contributed by atoms with van der Waals surface area (Å²) in [5.74, 6) is 2.62. The van der Waals surface area contributed by atoms with Gasteiger partial charge in [0.1, 0.15) is 13.2 Å². The number of ether oxygens (including phenoxy) is 2. The first-order valence-electron chi connectivity index (χ1n) is 8.21. The van der Waals surface area contributed by atoms with Crippen LogP contribution in [0.5, 0.6) is 11.5 Å². The molecule has 0 aromatic heterocycles. The second kappa shape index (κ2) is 7.66. The molecule has 1 fully saturated rings. The van der Waals surface area contributed by atoms with Gasteiger partial charge in [0.15, 0.2) is 11.5 Å². The van der Waals surface area contributed by atoms with Crippen molar-refractivity contribution < 1.29 is 9.47 Å². The van der Waals surface area contributed by atoms with Crippen molar-refractivity contribution in [2.24, 2.45) is 5.92 Å². The topological polar surface area (TPSA) is 33.7 Å². The Hall–Kier alpha value is -0.780. The highest BCUT2D eigenvalue weighted by molar-refractivity contribution is 9.10. The normalized spacial score (nSPS) is 19.4. The minimum atomic E-state index is 0.638. The molecule has 2 heterocycles. The van der Waals surface area contributed by atoms with E-state index in [1.54, 1.807) is 0 Å². The average molecular weight is 369 g/mol. The number of hydrogen-bond donors (Lipinski definition) is 1. The molecule has 0 radical (unpaired) electrons. The van der Waals surface area contributed by atoms with Crippen LogP contribution in [0.3, 0.4) is 0 Å². The minimum absolute atomic E-state index is 0.638.